The molecule has 0 aliphatic carbocycles. The van der Waals surface area contributed by atoms with Crippen molar-refractivity contribution in [3.05, 3.63) is 12.1 Å². The van der Waals surface area contributed by atoms with E-state index in [1.165, 1.54) is 0 Å². The number of aliphatic hydroxyl groups is 3. The molecule has 3 atom stereocenters. The number of hydrogen-bond acceptors (Lipinski definition) is 7. The molecular weight excluding hydrogens is 272 g/mol. The Morgan fingerprint density at radius 1 is 1.24 bits per heavy atom. The highest BCUT2D eigenvalue weighted by atomic mass is 16.3. The van der Waals surface area contributed by atoms with Crippen LogP contribution in [0.4, 0.5) is 17.3 Å². The van der Waals surface area contributed by atoms with Gasteiger partial charge in [0.15, 0.2) is 5.82 Å². The van der Waals surface area contributed by atoms with Crippen LogP contribution in [0.3, 0.4) is 0 Å². The summed E-state index contributed by atoms with van der Waals surface area (Å²) in [4.78, 5) is 8.49. The molecule has 0 amide bonds. The van der Waals surface area contributed by atoms with E-state index in [4.69, 9.17) is 5.73 Å². The summed E-state index contributed by atoms with van der Waals surface area (Å²) in [7, 11) is 0. The number of pyridine rings is 1. The van der Waals surface area contributed by atoms with E-state index in [9.17, 15) is 15.3 Å². The van der Waals surface area contributed by atoms with Crippen molar-refractivity contribution in [1.82, 2.24) is 4.98 Å². The normalized spacial score (nSPS) is 29.4. The Balaban J connectivity index is 1.87. The van der Waals surface area contributed by atoms with E-state index in [1.807, 2.05) is 15.9 Å². The topological polar surface area (TPSA) is 106 Å². The number of nitrogens with two attached hydrogens (primary N) is 1. The summed E-state index contributed by atoms with van der Waals surface area (Å²) in [6.45, 7) is 1.71. The van der Waals surface area contributed by atoms with E-state index in [-0.39, 0.29) is 18.8 Å². The number of hydrogen-bond donors (Lipinski definition) is 4. The zero-order chi connectivity index (χ0) is 15.0. The Labute approximate surface area is 123 Å². The van der Waals surface area contributed by atoms with Crippen molar-refractivity contribution in [2.45, 2.75) is 31.1 Å². The highest BCUT2D eigenvalue weighted by molar-refractivity contribution is 5.67. The van der Waals surface area contributed by atoms with Crippen LogP contribution in [-0.2, 0) is 0 Å². The number of aromatic nitrogens is 1. The molecule has 2 aliphatic rings. The molecule has 2 saturated heterocycles. The van der Waals surface area contributed by atoms with E-state index < -0.39 is 6.10 Å². The number of anilines is 3. The molecule has 116 valence electrons. The Kier molecular flexibility index (Phi) is 3.88. The molecule has 1 aromatic rings. The molecule has 3 heterocycles. The van der Waals surface area contributed by atoms with Gasteiger partial charge in [0.1, 0.15) is 5.82 Å². The summed E-state index contributed by atoms with van der Waals surface area (Å²) in [5, 5.41) is 28.9. The Morgan fingerprint density at radius 2 is 2.05 bits per heavy atom. The average molecular weight is 294 g/mol. The second-order valence-corrected chi connectivity index (χ2v) is 5.85. The molecule has 7 nitrogen and oxygen atoms in total. The summed E-state index contributed by atoms with van der Waals surface area (Å²) in [5.41, 5.74) is 6.58. The summed E-state index contributed by atoms with van der Waals surface area (Å²) >= 11 is 0. The van der Waals surface area contributed by atoms with Crippen LogP contribution in [0.15, 0.2) is 12.1 Å². The van der Waals surface area contributed by atoms with Crippen LogP contribution in [0.1, 0.15) is 12.8 Å². The number of β-amino-alcohol motifs (C(OH)–C–C–N with tert-alkyl or cyclic N) is 2. The second-order valence-electron chi connectivity index (χ2n) is 5.85. The van der Waals surface area contributed by atoms with Gasteiger partial charge in [-0.1, -0.05) is 0 Å². The van der Waals surface area contributed by atoms with Gasteiger partial charge in [-0.25, -0.2) is 4.98 Å². The van der Waals surface area contributed by atoms with Crippen LogP contribution in [0.25, 0.3) is 0 Å². The third-order valence-electron chi connectivity index (χ3n) is 4.25. The maximum atomic E-state index is 9.78. The summed E-state index contributed by atoms with van der Waals surface area (Å²) in [5.74, 6) is 1.37. The van der Waals surface area contributed by atoms with E-state index >= 15 is 0 Å². The smallest absolute Gasteiger partial charge is 0.154 e. The van der Waals surface area contributed by atoms with Crippen LogP contribution < -0.4 is 15.5 Å². The molecule has 1 aromatic heterocycles. The molecule has 2 aliphatic heterocycles. The van der Waals surface area contributed by atoms with Crippen molar-refractivity contribution < 1.29 is 15.3 Å². The molecule has 0 bridgehead atoms. The number of nitrogens with zero attached hydrogens (tertiary/aromatic N) is 3. The lowest BCUT2D eigenvalue weighted by molar-refractivity contribution is 0.184. The van der Waals surface area contributed by atoms with Crippen LogP contribution in [0.2, 0.25) is 0 Å². The first kappa shape index (κ1) is 14.4. The van der Waals surface area contributed by atoms with Gasteiger partial charge in [-0.2, -0.15) is 0 Å². The number of rotatable bonds is 3. The van der Waals surface area contributed by atoms with Gasteiger partial charge in [-0.3, -0.25) is 0 Å². The van der Waals surface area contributed by atoms with Gasteiger partial charge in [0.2, 0.25) is 0 Å². The fourth-order valence-electron chi connectivity index (χ4n) is 3.14. The molecule has 0 aromatic carbocycles. The number of nitrogen functional groups attached to an aromatic ring is 1. The van der Waals surface area contributed by atoms with Gasteiger partial charge in [0, 0.05) is 19.6 Å². The summed E-state index contributed by atoms with van der Waals surface area (Å²) < 4.78 is 0. The lowest BCUT2D eigenvalue weighted by Gasteiger charge is -2.26. The average Bonchev–Trinajstić information content (AvgIpc) is 3.05. The van der Waals surface area contributed by atoms with Crippen LogP contribution in [0, 0.1) is 0 Å². The third kappa shape index (κ3) is 2.76. The molecule has 0 spiro atoms. The van der Waals surface area contributed by atoms with Gasteiger partial charge in [0.05, 0.1) is 30.5 Å². The first-order valence-corrected chi connectivity index (χ1v) is 7.33. The SMILES string of the molecule is Nc1ccc(N2CC(O)CC2CO)nc1N1CCC(O)C1. The minimum Gasteiger partial charge on any atom is -0.396 e. The van der Waals surface area contributed by atoms with Gasteiger partial charge in [-0.15, -0.1) is 0 Å². The van der Waals surface area contributed by atoms with E-state index in [0.29, 0.717) is 43.3 Å². The fourth-order valence-corrected chi connectivity index (χ4v) is 3.14. The quantitative estimate of drug-likeness (QED) is 0.576. The molecular formula is C14H22N4O3. The van der Waals surface area contributed by atoms with Gasteiger partial charge < -0.3 is 30.9 Å². The van der Waals surface area contributed by atoms with Gasteiger partial charge >= 0.3 is 0 Å². The summed E-state index contributed by atoms with van der Waals surface area (Å²) in [6, 6.07) is 3.49. The molecule has 7 heteroatoms. The first-order chi connectivity index (χ1) is 10.1. The van der Waals surface area contributed by atoms with Crippen molar-refractivity contribution in [1.29, 1.82) is 0 Å². The first-order valence-electron chi connectivity index (χ1n) is 7.33. The Morgan fingerprint density at radius 3 is 2.71 bits per heavy atom. The van der Waals surface area contributed by atoms with Crippen molar-refractivity contribution in [2.75, 3.05) is 41.8 Å². The van der Waals surface area contributed by atoms with Gasteiger partial charge in [-0.05, 0) is 25.0 Å². The lowest BCUT2D eigenvalue weighted by Crippen LogP contribution is -2.33. The maximum Gasteiger partial charge on any atom is 0.154 e. The Bertz CT molecular complexity index is 513. The second kappa shape index (κ2) is 5.67. The van der Waals surface area contributed by atoms with Crippen LogP contribution in [-0.4, -0.2) is 64.8 Å². The molecule has 21 heavy (non-hydrogen) atoms. The standard InChI is InChI=1S/C14H22N4O3/c15-12-1-2-13(18-7-11(21)5-9(18)8-19)16-14(12)17-4-3-10(20)6-17/h1-2,9-11,19-21H,3-8,15H2. The van der Waals surface area contributed by atoms with Crippen molar-refractivity contribution >= 4 is 17.3 Å². The summed E-state index contributed by atoms with van der Waals surface area (Å²) in [6.07, 6.45) is 0.472. The third-order valence-corrected chi connectivity index (χ3v) is 4.25. The molecule has 0 saturated carbocycles. The van der Waals surface area contributed by atoms with E-state index in [2.05, 4.69) is 4.98 Å². The zero-order valence-electron chi connectivity index (χ0n) is 11.9. The predicted molar refractivity (Wildman–Crippen MR) is 80.3 cm³/mol. The van der Waals surface area contributed by atoms with Crippen molar-refractivity contribution in [3.63, 3.8) is 0 Å². The van der Waals surface area contributed by atoms with Crippen LogP contribution >= 0.6 is 0 Å². The highest BCUT2D eigenvalue weighted by Crippen LogP contribution is 2.30. The fraction of sp³-hybridized carbons (Fsp3) is 0.643. The Hall–Kier alpha value is -1.57. The largest absolute Gasteiger partial charge is 0.396 e. The molecule has 5 N–H and O–H groups in total. The molecule has 2 fully saturated rings. The van der Waals surface area contributed by atoms with Gasteiger partial charge in [0.25, 0.3) is 0 Å². The monoisotopic (exact) mass is 294 g/mol. The predicted octanol–water partition coefficient (Wildman–Crippen LogP) is -0.833. The van der Waals surface area contributed by atoms with E-state index in [1.54, 1.807) is 6.07 Å². The van der Waals surface area contributed by atoms with Crippen molar-refractivity contribution in [2.24, 2.45) is 0 Å². The zero-order valence-corrected chi connectivity index (χ0v) is 11.9. The molecule has 3 rings (SSSR count). The molecule has 3 unspecified atom stereocenters. The minimum absolute atomic E-state index is 0.0130. The lowest BCUT2D eigenvalue weighted by atomic mass is 10.2. The minimum atomic E-state index is -0.446. The molecule has 0 radical (unpaired) electrons. The van der Waals surface area contributed by atoms with Crippen LogP contribution in [0.5, 0.6) is 0 Å². The number of aliphatic hydroxyl groups excluding tert-OH is 3. The maximum absolute atomic E-state index is 9.78. The highest BCUT2D eigenvalue weighted by Gasteiger charge is 2.32. The van der Waals surface area contributed by atoms with Crippen molar-refractivity contribution in [3.8, 4) is 0 Å². The van der Waals surface area contributed by atoms with E-state index in [0.717, 1.165) is 6.54 Å².